The molecule has 2 aromatic rings. The van der Waals surface area contributed by atoms with Crippen LogP contribution in [-0.4, -0.2) is 64.7 Å². The SMILES string of the molecule is COc1ccc(OC)c(N(CC(=O)N(Cc2ccc(F)cc2)[C@H](C)C(=O)NCC(C)C)S(C)(=O)=O)c1. The molecule has 2 amide bonds. The van der Waals surface area contributed by atoms with Crippen LogP contribution in [0.25, 0.3) is 0 Å². The van der Waals surface area contributed by atoms with Gasteiger partial charge in [-0.2, -0.15) is 0 Å². The molecule has 0 aliphatic heterocycles. The summed E-state index contributed by atoms with van der Waals surface area (Å²) in [5.74, 6) is -0.652. The van der Waals surface area contributed by atoms with E-state index in [2.05, 4.69) is 5.32 Å². The molecule has 0 radical (unpaired) electrons. The topological polar surface area (TPSA) is 105 Å². The Morgan fingerprint density at radius 3 is 2.19 bits per heavy atom. The van der Waals surface area contributed by atoms with Gasteiger partial charge in [-0.25, -0.2) is 12.8 Å². The van der Waals surface area contributed by atoms with Crippen LogP contribution in [0.15, 0.2) is 42.5 Å². The Morgan fingerprint density at radius 1 is 1.03 bits per heavy atom. The third kappa shape index (κ3) is 7.84. The molecule has 2 rings (SSSR count). The van der Waals surface area contributed by atoms with Crippen LogP contribution in [0.5, 0.6) is 11.5 Å². The third-order valence-electron chi connectivity index (χ3n) is 5.45. The predicted octanol–water partition coefficient (Wildman–Crippen LogP) is 2.80. The number of hydrogen-bond donors (Lipinski definition) is 1. The molecule has 1 atom stereocenters. The van der Waals surface area contributed by atoms with Gasteiger partial charge in [-0.3, -0.25) is 13.9 Å². The van der Waals surface area contributed by atoms with E-state index in [9.17, 15) is 22.4 Å². The van der Waals surface area contributed by atoms with Crippen molar-refractivity contribution in [1.82, 2.24) is 10.2 Å². The number of halogens is 1. The van der Waals surface area contributed by atoms with Crippen LogP contribution < -0.4 is 19.1 Å². The summed E-state index contributed by atoms with van der Waals surface area (Å²) in [5, 5.41) is 2.80. The van der Waals surface area contributed by atoms with E-state index in [1.54, 1.807) is 13.0 Å². The van der Waals surface area contributed by atoms with Crippen molar-refractivity contribution in [3.05, 3.63) is 53.8 Å². The standard InChI is InChI=1S/C25H34FN3O6S/c1-17(2)14-27-25(31)18(3)28(15-19-7-9-20(26)10-8-19)24(30)16-29(36(6,32)33)22-13-21(34-4)11-12-23(22)35-5/h7-13,17-18H,14-16H2,1-6H3,(H,27,31)/t18-/m1/s1. The summed E-state index contributed by atoms with van der Waals surface area (Å²) in [6.45, 7) is 5.25. The minimum absolute atomic E-state index is 0.0256. The summed E-state index contributed by atoms with van der Waals surface area (Å²) >= 11 is 0. The summed E-state index contributed by atoms with van der Waals surface area (Å²) in [5.41, 5.74) is 0.699. The average molecular weight is 524 g/mol. The zero-order valence-corrected chi connectivity index (χ0v) is 22.3. The largest absolute Gasteiger partial charge is 0.497 e. The molecule has 0 saturated carbocycles. The molecule has 1 N–H and O–H groups in total. The summed E-state index contributed by atoms with van der Waals surface area (Å²) < 4.78 is 50.4. The predicted molar refractivity (Wildman–Crippen MR) is 136 cm³/mol. The van der Waals surface area contributed by atoms with Crippen LogP contribution in [0.4, 0.5) is 10.1 Å². The quantitative estimate of drug-likeness (QED) is 0.459. The van der Waals surface area contributed by atoms with Crippen LogP contribution in [0.3, 0.4) is 0 Å². The molecule has 36 heavy (non-hydrogen) atoms. The molecule has 2 aromatic carbocycles. The van der Waals surface area contributed by atoms with Gasteiger partial charge in [0.2, 0.25) is 21.8 Å². The highest BCUT2D eigenvalue weighted by atomic mass is 32.2. The second-order valence-electron chi connectivity index (χ2n) is 8.77. The van der Waals surface area contributed by atoms with Crippen molar-refractivity contribution in [2.24, 2.45) is 5.92 Å². The number of rotatable bonds is 12. The number of nitrogens with zero attached hydrogens (tertiary/aromatic N) is 2. The highest BCUT2D eigenvalue weighted by molar-refractivity contribution is 7.92. The molecule has 0 saturated heterocycles. The van der Waals surface area contributed by atoms with Gasteiger partial charge < -0.3 is 19.7 Å². The van der Waals surface area contributed by atoms with Gasteiger partial charge in [-0.1, -0.05) is 26.0 Å². The van der Waals surface area contributed by atoms with Gasteiger partial charge in [0.05, 0.1) is 26.2 Å². The van der Waals surface area contributed by atoms with E-state index in [4.69, 9.17) is 9.47 Å². The van der Waals surface area contributed by atoms with Crippen LogP contribution in [0.2, 0.25) is 0 Å². The Hall–Kier alpha value is -3.34. The van der Waals surface area contributed by atoms with Gasteiger partial charge in [0.1, 0.15) is 29.9 Å². The molecular formula is C25H34FN3O6S. The fourth-order valence-corrected chi connectivity index (χ4v) is 4.25. The maximum atomic E-state index is 13.6. The minimum Gasteiger partial charge on any atom is -0.497 e. The van der Waals surface area contributed by atoms with Gasteiger partial charge in [0.15, 0.2) is 0 Å². The number of anilines is 1. The summed E-state index contributed by atoms with van der Waals surface area (Å²) in [7, 11) is -1.13. The first-order valence-electron chi connectivity index (χ1n) is 11.4. The van der Waals surface area contributed by atoms with Gasteiger partial charge in [-0.15, -0.1) is 0 Å². The molecular weight excluding hydrogens is 489 g/mol. The molecule has 0 bridgehead atoms. The van der Waals surface area contributed by atoms with Crippen LogP contribution in [0.1, 0.15) is 26.3 Å². The lowest BCUT2D eigenvalue weighted by Crippen LogP contribution is -2.51. The summed E-state index contributed by atoms with van der Waals surface area (Å²) in [6, 6.07) is 9.20. The van der Waals surface area contributed by atoms with Gasteiger partial charge in [0, 0.05) is 19.2 Å². The van der Waals surface area contributed by atoms with Crippen molar-refractivity contribution in [1.29, 1.82) is 0 Å². The lowest BCUT2D eigenvalue weighted by molar-refractivity contribution is -0.139. The fourth-order valence-electron chi connectivity index (χ4n) is 3.41. The molecule has 0 unspecified atom stereocenters. The van der Waals surface area contributed by atoms with E-state index in [0.29, 0.717) is 17.9 Å². The Bertz CT molecular complexity index is 1150. The Morgan fingerprint density at radius 2 is 1.67 bits per heavy atom. The van der Waals surface area contributed by atoms with E-state index < -0.39 is 34.3 Å². The van der Waals surface area contributed by atoms with E-state index in [-0.39, 0.29) is 29.8 Å². The van der Waals surface area contributed by atoms with E-state index in [1.807, 2.05) is 13.8 Å². The van der Waals surface area contributed by atoms with E-state index in [0.717, 1.165) is 10.6 Å². The number of hydrogen-bond acceptors (Lipinski definition) is 6. The molecule has 0 aromatic heterocycles. The molecule has 198 valence electrons. The zero-order valence-electron chi connectivity index (χ0n) is 21.4. The number of ether oxygens (including phenoxy) is 2. The lowest BCUT2D eigenvalue weighted by Gasteiger charge is -2.32. The average Bonchev–Trinajstić information content (AvgIpc) is 2.83. The molecule has 0 fully saturated rings. The number of benzene rings is 2. The van der Waals surface area contributed by atoms with Crippen molar-refractivity contribution < 1.29 is 31.9 Å². The molecule has 9 nitrogen and oxygen atoms in total. The van der Waals surface area contributed by atoms with Crippen molar-refractivity contribution in [3.63, 3.8) is 0 Å². The highest BCUT2D eigenvalue weighted by Crippen LogP contribution is 2.34. The number of carbonyl (C=O) groups is 2. The molecule has 0 aliphatic rings. The number of methoxy groups -OCH3 is 2. The highest BCUT2D eigenvalue weighted by Gasteiger charge is 2.31. The normalized spacial score (nSPS) is 12.1. The van der Waals surface area contributed by atoms with Crippen molar-refractivity contribution in [2.45, 2.75) is 33.4 Å². The maximum Gasteiger partial charge on any atom is 0.244 e. The maximum absolute atomic E-state index is 13.6. The third-order valence-corrected chi connectivity index (χ3v) is 6.58. The van der Waals surface area contributed by atoms with Crippen LogP contribution >= 0.6 is 0 Å². The smallest absolute Gasteiger partial charge is 0.244 e. The Balaban J connectivity index is 2.45. The first-order valence-corrected chi connectivity index (χ1v) is 13.2. The number of sulfonamides is 1. The van der Waals surface area contributed by atoms with E-state index >= 15 is 0 Å². The number of amides is 2. The summed E-state index contributed by atoms with van der Waals surface area (Å²) in [4.78, 5) is 27.7. The lowest BCUT2D eigenvalue weighted by atomic mass is 10.1. The molecule has 0 aliphatic carbocycles. The minimum atomic E-state index is -3.95. The molecule has 11 heteroatoms. The van der Waals surface area contributed by atoms with Crippen molar-refractivity contribution in [2.75, 3.05) is 37.9 Å². The van der Waals surface area contributed by atoms with Crippen molar-refractivity contribution in [3.8, 4) is 11.5 Å². The number of carbonyl (C=O) groups excluding carboxylic acids is 2. The summed E-state index contributed by atoms with van der Waals surface area (Å²) in [6.07, 6.45) is 0.974. The fraction of sp³-hybridized carbons (Fsp3) is 0.440. The first-order chi connectivity index (χ1) is 16.9. The van der Waals surface area contributed by atoms with Crippen LogP contribution in [-0.2, 0) is 26.2 Å². The molecule has 0 heterocycles. The second-order valence-corrected chi connectivity index (χ2v) is 10.7. The van der Waals surface area contributed by atoms with Gasteiger partial charge in [0.25, 0.3) is 0 Å². The Labute approximate surface area is 212 Å². The van der Waals surface area contributed by atoms with Crippen molar-refractivity contribution >= 4 is 27.5 Å². The first kappa shape index (κ1) is 28.9. The van der Waals surface area contributed by atoms with Gasteiger partial charge >= 0.3 is 0 Å². The monoisotopic (exact) mass is 523 g/mol. The second kappa shape index (κ2) is 12.6. The van der Waals surface area contributed by atoms with Crippen LogP contribution in [0, 0.1) is 11.7 Å². The Kier molecular flexibility index (Phi) is 10.1. The number of nitrogens with one attached hydrogen (secondary N) is 1. The zero-order chi connectivity index (χ0) is 27.0. The molecule has 0 spiro atoms. The van der Waals surface area contributed by atoms with Gasteiger partial charge in [-0.05, 0) is 42.7 Å². The van der Waals surface area contributed by atoms with E-state index in [1.165, 1.54) is 55.5 Å².